The van der Waals surface area contributed by atoms with Gasteiger partial charge in [-0.1, -0.05) is 25.5 Å². The summed E-state index contributed by atoms with van der Waals surface area (Å²) in [5.41, 5.74) is 1.00. The molecule has 1 aromatic carbocycles. The molecule has 3 aliphatic heterocycles. The van der Waals surface area contributed by atoms with E-state index in [1.807, 2.05) is 6.07 Å². The maximum absolute atomic E-state index is 12.7. The second-order valence-corrected chi connectivity index (χ2v) is 8.70. The monoisotopic (exact) mass is 438 g/mol. The van der Waals surface area contributed by atoms with Crippen molar-refractivity contribution >= 4 is 12.4 Å². The Morgan fingerprint density at radius 1 is 1.29 bits per heavy atom. The molecule has 0 aliphatic carbocycles. The van der Waals surface area contributed by atoms with Gasteiger partial charge in [-0.05, 0) is 55.2 Å². The Bertz CT molecular complexity index is 748. The van der Waals surface area contributed by atoms with E-state index in [4.69, 9.17) is 9.90 Å². The van der Waals surface area contributed by atoms with Crippen molar-refractivity contribution in [2.75, 3.05) is 13.1 Å². The first-order chi connectivity index (χ1) is 15.0. The zero-order chi connectivity index (χ0) is 22.4. The average molecular weight is 439 g/mol. The van der Waals surface area contributed by atoms with Gasteiger partial charge in [-0.25, -0.2) is 0 Å². The fourth-order valence-electron chi connectivity index (χ4n) is 5.75. The molecule has 3 fully saturated rings. The summed E-state index contributed by atoms with van der Waals surface area (Å²) in [4.78, 5) is 25.8. The summed E-state index contributed by atoms with van der Waals surface area (Å²) < 4.78 is 29.6. The number of carbonyl (C=O) groups is 2. The van der Waals surface area contributed by atoms with Crippen LogP contribution in [0.25, 0.3) is 0 Å². The zero-order valence-electron chi connectivity index (χ0n) is 18.0. The molecule has 1 N–H and O–H groups in total. The predicted octanol–water partition coefficient (Wildman–Crippen LogP) is 3.99. The molecule has 0 unspecified atom stereocenters. The molecule has 4 rings (SSSR count). The molecule has 0 saturated carbocycles. The molecule has 8 heteroatoms. The van der Waals surface area contributed by atoms with Crippen LogP contribution in [0.4, 0.5) is 8.78 Å². The van der Waals surface area contributed by atoms with E-state index >= 15 is 0 Å². The van der Waals surface area contributed by atoms with E-state index in [1.54, 1.807) is 18.2 Å². The number of halogens is 2. The second-order valence-electron chi connectivity index (χ2n) is 8.70. The fraction of sp³-hybridized carbons (Fsp3) is 0.652. The van der Waals surface area contributed by atoms with Gasteiger partial charge in [-0.15, -0.1) is 0 Å². The first-order valence-corrected chi connectivity index (χ1v) is 11.1. The van der Waals surface area contributed by atoms with E-state index in [1.165, 1.54) is 6.42 Å². The number of benzene rings is 1. The molecule has 6 nitrogen and oxygen atoms in total. The molecule has 0 radical (unpaired) electrons. The van der Waals surface area contributed by atoms with Crippen molar-refractivity contribution in [1.29, 1.82) is 0 Å². The van der Waals surface area contributed by atoms with E-state index < -0.39 is 6.61 Å². The maximum atomic E-state index is 12.7. The number of carboxylic acid groups (broad SMARTS) is 1. The van der Waals surface area contributed by atoms with Gasteiger partial charge in [-0.2, -0.15) is 8.78 Å². The van der Waals surface area contributed by atoms with Gasteiger partial charge in [-0.3, -0.25) is 14.5 Å². The van der Waals surface area contributed by atoms with E-state index in [0.717, 1.165) is 50.9 Å². The van der Waals surface area contributed by atoms with Crippen LogP contribution in [-0.2, 0) is 16.1 Å². The van der Waals surface area contributed by atoms with Gasteiger partial charge < -0.3 is 14.7 Å². The second kappa shape index (κ2) is 10.9. The van der Waals surface area contributed by atoms with Gasteiger partial charge in [0, 0.05) is 38.1 Å². The van der Waals surface area contributed by atoms with E-state index in [2.05, 4.69) is 21.5 Å². The summed E-state index contributed by atoms with van der Waals surface area (Å²) in [5, 5.41) is 6.89. The number of alkyl halides is 2. The number of hydrogen-bond donors (Lipinski definition) is 1. The minimum Gasteiger partial charge on any atom is -0.483 e. The van der Waals surface area contributed by atoms with Gasteiger partial charge in [0.2, 0.25) is 5.91 Å². The molecule has 3 saturated heterocycles. The summed E-state index contributed by atoms with van der Waals surface area (Å²) in [6.07, 6.45) is 6.21. The fourth-order valence-corrected chi connectivity index (χ4v) is 5.75. The van der Waals surface area contributed by atoms with Crippen molar-refractivity contribution in [3.63, 3.8) is 0 Å². The van der Waals surface area contributed by atoms with Crippen molar-refractivity contribution in [2.24, 2.45) is 11.8 Å². The normalized spacial score (nSPS) is 27.9. The third-order valence-corrected chi connectivity index (χ3v) is 6.69. The number of fused-ring (bicyclic) bond motifs is 4. The number of amides is 1. The molecule has 3 aliphatic rings. The molecule has 1 amide bonds. The van der Waals surface area contributed by atoms with Gasteiger partial charge in [0.25, 0.3) is 6.47 Å². The van der Waals surface area contributed by atoms with Crippen molar-refractivity contribution in [1.82, 2.24) is 9.80 Å². The molecular formula is C23H32F2N2O4. The highest BCUT2D eigenvalue weighted by Gasteiger charge is 2.48. The van der Waals surface area contributed by atoms with Crippen LogP contribution in [0, 0.1) is 11.8 Å². The first kappa shape index (κ1) is 23.4. The highest BCUT2D eigenvalue weighted by Crippen LogP contribution is 2.43. The van der Waals surface area contributed by atoms with Crippen LogP contribution in [0.3, 0.4) is 0 Å². The molecule has 3 heterocycles. The molecule has 31 heavy (non-hydrogen) atoms. The molecule has 0 spiro atoms. The number of carbonyl (C=O) groups excluding carboxylic acids is 1. The summed E-state index contributed by atoms with van der Waals surface area (Å²) in [6.45, 7) is 1.84. The first-order valence-electron chi connectivity index (χ1n) is 11.1. The molecule has 1 aromatic rings. The van der Waals surface area contributed by atoms with E-state index in [0.29, 0.717) is 36.2 Å². The standard InChI is InChI=1S/C22H30F2N2O2.CH2O2/c1-2-5-19-16-11-17(20-8-4-9-21(27)26(19)20)14-25(13-16)12-15-6-3-7-18(10-15)28-22(23)24;2-1-3/h3,6-7,10,16-17,19-20,22H,2,4-5,8-9,11-14H2,1H3;1H,(H,2,3)/t16-,17+,19-,20-;/m0./s1. The van der Waals surface area contributed by atoms with Crippen LogP contribution in [0.1, 0.15) is 51.0 Å². The molecule has 172 valence electrons. The molecule has 2 bridgehead atoms. The van der Waals surface area contributed by atoms with Crippen LogP contribution in [-0.4, -0.2) is 59.1 Å². The van der Waals surface area contributed by atoms with Crippen LogP contribution in [0.15, 0.2) is 24.3 Å². The van der Waals surface area contributed by atoms with Crippen molar-refractivity contribution in [2.45, 2.75) is 70.7 Å². The van der Waals surface area contributed by atoms with Gasteiger partial charge >= 0.3 is 6.61 Å². The van der Waals surface area contributed by atoms with Crippen molar-refractivity contribution < 1.29 is 28.2 Å². The summed E-state index contributed by atoms with van der Waals surface area (Å²) in [7, 11) is 0. The Kier molecular flexibility index (Phi) is 8.23. The lowest BCUT2D eigenvalue weighted by molar-refractivity contribution is -0.153. The van der Waals surface area contributed by atoms with Gasteiger partial charge in [0.1, 0.15) is 5.75 Å². The Morgan fingerprint density at radius 2 is 2.03 bits per heavy atom. The Morgan fingerprint density at radius 3 is 2.74 bits per heavy atom. The number of piperidine rings is 3. The topological polar surface area (TPSA) is 70.1 Å². The summed E-state index contributed by atoms with van der Waals surface area (Å²) in [5.74, 6) is 1.61. The third kappa shape index (κ3) is 5.73. The summed E-state index contributed by atoms with van der Waals surface area (Å²) in [6, 6.07) is 7.78. The number of rotatable bonds is 6. The Labute approximate surface area is 182 Å². The Hall–Kier alpha value is -2.22. The largest absolute Gasteiger partial charge is 0.483 e. The lowest BCUT2D eigenvalue weighted by atomic mass is 9.71. The van der Waals surface area contributed by atoms with E-state index in [-0.39, 0.29) is 12.2 Å². The van der Waals surface area contributed by atoms with E-state index in [9.17, 15) is 13.6 Å². The number of hydrogen-bond acceptors (Lipinski definition) is 4. The smallest absolute Gasteiger partial charge is 0.387 e. The van der Waals surface area contributed by atoms with Crippen LogP contribution in [0.2, 0.25) is 0 Å². The van der Waals surface area contributed by atoms with Gasteiger partial charge in [0.05, 0.1) is 0 Å². The highest BCUT2D eigenvalue weighted by molar-refractivity contribution is 5.78. The third-order valence-electron chi connectivity index (χ3n) is 6.69. The lowest BCUT2D eigenvalue weighted by Gasteiger charge is -2.57. The quantitative estimate of drug-likeness (QED) is 0.680. The SMILES string of the molecule is CCC[C@H]1[C@H]2C[C@H](CN(Cc3cccc(OC(F)F)c3)C2)[C@@H]2CCCC(=O)N21.O=CO. The zero-order valence-corrected chi connectivity index (χ0v) is 18.0. The molecular weight excluding hydrogens is 406 g/mol. The summed E-state index contributed by atoms with van der Waals surface area (Å²) >= 11 is 0. The number of likely N-dealkylation sites (tertiary alicyclic amines) is 1. The predicted molar refractivity (Wildman–Crippen MR) is 112 cm³/mol. The minimum absolute atomic E-state index is 0.220. The van der Waals surface area contributed by atoms with Crippen LogP contribution in [0.5, 0.6) is 5.75 Å². The Balaban J connectivity index is 0.000000858. The number of nitrogens with zero attached hydrogens (tertiary/aromatic N) is 2. The highest BCUT2D eigenvalue weighted by atomic mass is 19.3. The van der Waals surface area contributed by atoms with Crippen LogP contribution >= 0.6 is 0 Å². The lowest BCUT2D eigenvalue weighted by Crippen LogP contribution is -2.64. The molecule has 4 atom stereocenters. The number of ether oxygens (including phenoxy) is 1. The maximum Gasteiger partial charge on any atom is 0.387 e. The molecule has 0 aromatic heterocycles. The van der Waals surface area contributed by atoms with Crippen LogP contribution < -0.4 is 4.74 Å². The van der Waals surface area contributed by atoms with Gasteiger partial charge in [0.15, 0.2) is 0 Å². The minimum atomic E-state index is -2.80. The van der Waals surface area contributed by atoms with Crippen molar-refractivity contribution in [3.8, 4) is 5.75 Å². The average Bonchev–Trinajstić information content (AvgIpc) is 2.72. The van der Waals surface area contributed by atoms with Crippen molar-refractivity contribution in [3.05, 3.63) is 29.8 Å².